The van der Waals surface area contributed by atoms with Crippen molar-refractivity contribution in [1.82, 2.24) is 5.32 Å². The number of benzene rings is 1. The Morgan fingerprint density at radius 3 is 2.57 bits per heavy atom. The van der Waals surface area contributed by atoms with E-state index in [9.17, 15) is 4.39 Å². The van der Waals surface area contributed by atoms with Crippen LogP contribution in [0, 0.1) is 24.6 Å². The summed E-state index contributed by atoms with van der Waals surface area (Å²) < 4.78 is 13.5. The maximum Gasteiger partial charge on any atom is 0.123 e. The lowest BCUT2D eigenvalue weighted by Gasteiger charge is -2.34. The van der Waals surface area contributed by atoms with Crippen molar-refractivity contribution in [3.05, 3.63) is 35.1 Å². The molecular formula is C19H30FN. The topological polar surface area (TPSA) is 12.0 Å². The van der Waals surface area contributed by atoms with Crippen LogP contribution in [-0.4, -0.2) is 13.1 Å². The van der Waals surface area contributed by atoms with Gasteiger partial charge in [0.25, 0.3) is 0 Å². The van der Waals surface area contributed by atoms with Gasteiger partial charge in [-0.25, -0.2) is 4.39 Å². The van der Waals surface area contributed by atoms with Gasteiger partial charge in [-0.1, -0.05) is 38.7 Å². The van der Waals surface area contributed by atoms with Gasteiger partial charge in [-0.2, -0.15) is 0 Å². The van der Waals surface area contributed by atoms with E-state index in [1.54, 1.807) is 12.1 Å². The highest BCUT2D eigenvalue weighted by Gasteiger charge is 2.26. The van der Waals surface area contributed by atoms with Crippen LogP contribution in [0.15, 0.2) is 18.2 Å². The first-order valence-electron chi connectivity index (χ1n) is 8.56. The smallest absolute Gasteiger partial charge is 0.123 e. The molecule has 0 radical (unpaired) electrons. The number of halogens is 1. The first-order chi connectivity index (χ1) is 10.1. The highest BCUT2D eigenvalue weighted by Crippen LogP contribution is 2.34. The maximum absolute atomic E-state index is 13.5. The minimum Gasteiger partial charge on any atom is -0.316 e. The molecule has 118 valence electrons. The first-order valence-corrected chi connectivity index (χ1v) is 8.56. The van der Waals surface area contributed by atoms with Gasteiger partial charge in [0.15, 0.2) is 0 Å². The van der Waals surface area contributed by atoms with Crippen LogP contribution in [0.25, 0.3) is 0 Å². The molecule has 1 fully saturated rings. The lowest BCUT2D eigenvalue weighted by atomic mass is 9.75. The number of rotatable bonds is 6. The van der Waals surface area contributed by atoms with Gasteiger partial charge < -0.3 is 5.32 Å². The molecule has 2 rings (SSSR count). The van der Waals surface area contributed by atoms with Crippen LogP contribution in [-0.2, 0) is 6.42 Å². The highest BCUT2D eigenvalue weighted by atomic mass is 19.1. The Morgan fingerprint density at radius 1 is 1.24 bits per heavy atom. The summed E-state index contributed by atoms with van der Waals surface area (Å²) in [5.41, 5.74) is 2.36. The average Bonchev–Trinajstić information content (AvgIpc) is 2.49. The van der Waals surface area contributed by atoms with Crippen LogP contribution < -0.4 is 5.32 Å². The molecule has 1 unspecified atom stereocenters. The molecule has 1 saturated carbocycles. The quantitative estimate of drug-likeness (QED) is 0.788. The predicted molar refractivity (Wildman–Crippen MR) is 88.0 cm³/mol. The summed E-state index contributed by atoms with van der Waals surface area (Å²) >= 11 is 0. The lowest BCUT2D eigenvalue weighted by Crippen LogP contribution is -2.37. The molecular weight excluding hydrogens is 261 g/mol. The monoisotopic (exact) mass is 291 g/mol. The molecule has 0 amide bonds. The molecule has 2 heteroatoms. The van der Waals surface area contributed by atoms with Crippen molar-refractivity contribution in [1.29, 1.82) is 0 Å². The van der Waals surface area contributed by atoms with E-state index in [4.69, 9.17) is 0 Å². The summed E-state index contributed by atoms with van der Waals surface area (Å²) in [7, 11) is 2.05. The fraction of sp³-hybridized carbons (Fsp3) is 0.684. The zero-order chi connectivity index (χ0) is 15.2. The largest absolute Gasteiger partial charge is 0.316 e. The standard InChI is InChI=1S/C19H30FN/c1-4-5-15-7-9-16(10-8-15)19(21-3)13-17-12-18(20)11-6-14(17)2/h6,11-12,15-16,19,21H,4-5,7-10,13H2,1-3H3. The van der Waals surface area contributed by atoms with Crippen molar-refractivity contribution in [2.24, 2.45) is 11.8 Å². The van der Waals surface area contributed by atoms with Crippen molar-refractivity contribution >= 4 is 0 Å². The molecule has 0 aromatic heterocycles. The van der Waals surface area contributed by atoms with E-state index in [1.165, 1.54) is 44.1 Å². The van der Waals surface area contributed by atoms with Crippen molar-refractivity contribution in [2.45, 2.75) is 64.8 Å². The van der Waals surface area contributed by atoms with Gasteiger partial charge in [-0.15, -0.1) is 0 Å². The third-order valence-electron chi connectivity index (χ3n) is 5.28. The van der Waals surface area contributed by atoms with Crippen LogP contribution in [0.1, 0.15) is 56.6 Å². The third kappa shape index (κ3) is 4.54. The molecule has 0 saturated heterocycles. The summed E-state index contributed by atoms with van der Waals surface area (Å²) in [6.07, 6.45) is 9.04. The number of hydrogen-bond acceptors (Lipinski definition) is 1. The van der Waals surface area contributed by atoms with E-state index in [0.29, 0.717) is 6.04 Å². The second-order valence-electron chi connectivity index (χ2n) is 6.74. The maximum atomic E-state index is 13.5. The number of nitrogens with one attached hydrogen (secondary N) is 1. The van der Waals surface area contributed by atoms with Crippen LogP contribution in [0.2, 0.25) is 0 Å². The number of likely N-dealkylation sites (N-methyl/N-ethyl adjacent to an activating group) is 1. The minimum atomic E-state index is -0.114. The van der Waals surface area contributed by atoms with Gasteiger partial charge in [0, 0.05) is 6.04 Å². The Morgan fingerprint density at radius 2 is 1.95 bits per heavy atom. The average molecular weight is 291 g/mol. The molecule has 0 heterocycles. The van der Waals surface area contributed by atoms with E-state index in [1.807, 2.05) is 6.07 Å². The second kappa shape index (κ2) is 7.93. The fourth-order valence-corrected chi connectivity index (χ4v) is 3.89. The molecule has 1 N–H and O–H groups in total. The van der Waals surface area contributed by atoms with E-state index >= 15 is 0 Å². The van der Waals surface area contributed by atoms with Crippen molar-refractivity contribution in [3.8, 4) is 0 Å². The van der Waals surface area contributed by atoms with Crippen molar-refractivity contribution in [2.75, 3.05) is 7.05 Å². The number of hydrogen-bond donors (Lipinski definition) is 1. The SMILES string of the molecule is CCCC1CCC(C(Cc2cc(F)ccc2C)NC)CC1. The van der Waals surface area contributed by atoms with Crippen LogP contribution in [0.5, 0.6) is 0 Å². The van der Waals surface area contributed by atoms with Crippen LogP contribution >= 0.6 is 0 Å². The Labute approximate surface area is 129 Å². The fourth-order valence-electron chi connectivity index (χ4n) is 3.89. The molecule has 0 bridgehead atoms. The van der Waals surface area contributed by atoms with Crippen molar-refractivity contribution < 1.29 is 4.39 Å². The molecule has 1 aromatic carbocycles. The van der Waals surface area contributed by atoms with Crippen LogP contribution in [0.3, 0.4) is 0 Å². The normalized spacial score (nSPS) is 24.0. The van der Waals surface area contributed by atoms with Gasteiger partial charge in [-0.05, 0) is 68.3 Å². The lowest BCUT2D eigenvalue weighted by molar-refractivity contribution is 0.217. The zero-order valence-electron chi connectivity index (χ0n) is 13.8. The van der Waals surface area contributed by atoms with Gasteiger partial charge >= 0.3 is 0 Å². The first kappa shape index (κ1) is 16.5. The molecule has 21 heavy (non-hydrogen) atoms. The van der Waals surface area contributed by atoms with E-state index < -0.39 is 0 Å². The predicted octanol–water partition coefficient (Wildman–Crippen LogP) is 4.87. The number of aryl methyl sites for hydroxylation is 1. The molecule has 1 nitrogen and oxygen atoms in total. The van der Waals surface area contributed by atoms with Crippen molar-refractivity contribution in [3.63, 3.8) is 0 Å². The van der Waals surface area contributed by atoms with E-state index in [0.717, 1.165) is 23.8 Å². The minimum absolute atomic E-state index is 0.114. The Kier molecular flexibility index (Phi) is 6.22. The van der Waals surface area contributed by atoms with E-state index in [2.05, 4.69) is 26.2 Å². The molecule has 1 aromatic rings. The summed E-state index contributed by atoms with van der Waals surface area (Å²) in [5.74, 6) is 1.57. The van der Waals surface area contributed by atoms with Gasteiger partial charge in [-0.3, -0.25) is 0 Å². The molecule has 1 aliphatic carbocycles. The van der Waals surface area contributed by atoms with E-state index in [-0.39, 0.29) is 5.82 Å². The summed E-state index contributed by atoms with van der Waals surface area (Å²) in [5, 5.41) is 3.49. The third-order valence-corrected chi connectivity index (χ3v) is 5.28. The molecule has 1 atom stereocenters. The Balaban J connectivity index is 1.96. The Bertz CT molecular complexity index is 435. The molecule has 0 aliphatic heterocycles. The zero-order valence-corrected chi connectivity index (χ0v) is 13.8. The summed E-state index contributed by atoms with van der Waals surface area (Å²) in [6, 6.07) is 5.65. The molecule has 1 aliphatic rings. The Hall–Kier alpha value is -0.890. The van der Waals surface area contributed by atoms with Gasteiger partial charge in [0.2, 0.25) is 0 Å². The van der Waals surface area contributed by atoms with Crippen LogP contribution in [0.4, 0.5) is 4.39 Å². The summed E-state index contributed by atoms with van der Waals surface area (Å²) in [6.45, 7) is 4.37. The molecule has 0 spiro atoms. The highest BCUT2D eigenvalue weighted by molar-refractivity contribution is 5.27. The second-order valence-corrected chi connectivity index (χ2v) is 6.74. The van der Waals surface area contributed by atoms with Gasteiger partial charge in [0.05, 0.1) is 0 Å². The van der Waals surface area contributed by atoms with Gasteiger partial charge in [0.1, 0.15) is 5.82 Å². The summed E-state index contributed by atoms with van der Waals surface area (Å²) in [4.78, 5) is 0.